The third-order valence-corrected chi connectivity index (χ3v) is 4.36. The Balaban J connectivity index is 0.00000162. The highest BCUT2D eigenvalue weighted by Crippen LogP contribution is 2.54. The van der Waals surface area contributed by atoms with Crippen molar-refractivity contribution in [3.63, 3.8) is 0 Å². The van der Waals surface area contributed by atoms with E-state index < -0.39 is 0 Å². The van der Waals surface area contributed by atoms with E-state index in [9.17, 15) is 4.79 Å². The molecule has 18 heavy (non-hydrogen) atoms. The lowest BCUT2D eigenvalue weighted by Crippen LogP contribution is -2.64. The van der Waals surface area contributed by atoms with Gasteiger partial charge in [0.05, 0.1) is 12.6 Å². The molecule has 0 bridgehead atoms. The predicted octanol–water partition coefficient (Wildman–Crippen LogP) is 1.48. The highest BCUT2D eigenvalue weighted by Gasteiger charge is 2.57. The van der Waals surface area contributed by atoms with Gasteiger partial charge in [0.2, 0.25) is 5.91 Å². The molecule has 0 aromatic heterocycles. The third-order valence-electron chi connectivity index (χ3n) is 4.36. The van der Waals surface area contributed by atoms with Crippen molar-refractivity contribution in [3.8, 4) is 0 Å². The molecule has 5 heteroatoms. The summed E-state index contributed by atoms with van der Waals surface area (Å²) in [6.07, 6.45) is 6.34. The van der Waals surface area contributed by atoms with E-state index in [-0.39, 0.29) is 23.7 Å². The average Bonchev–Trinajstić information content (AvgIpc) is 2.80. The molecular weight excluding hydrogens is 252 g/mol. The highest BCUT2D eigenvalue weighted by atomic mass is 35.5. The molecule has 2 atom stereocenters. The standard InChI is InChI=1S/C13H24N2O2.ClH/c1-3-17-11-8-10(15-12(16)9-14-2)13(11)6-4-5-7-13;/h10-11,14H,3-9H2,1-2H3,(H,15,16);1H. The molecule has 2 N–H and O–H groups in total. The quantitative estimate of drug-likeness (QED) is 0.800. The van der Waals surface area contributed by atoms with Crippen LogP contribution < -0.4 is 10.6 Å². The van der Waals surface area contributed by atoms with Crippen molar-refractivity contribution in [1.82, 2.24) is 10.6 Å². The first-order chi connectivity index (χ1) is 8.23. The number of carbonyl (C=O) groups excluding carboxylic acids is 1. The van der Waals surface area contributed by atoms with Crippen LogP contribution in [0.5, 0.6) is 0 Å². The number of nitrogens with one attached hydrogen (secondary N) is 2. The maximum absolute atomic E-state index is 11.6. The van der Waals surface area contributed by atoms with Crippen molar-refractivity contribution in [2.45, 2.75) is 51.2 Å². The molecule has 1 spiro atoms. The van der Waals surface area contributed by atoms with Crippen molar-refractivity contribution in [3.05, 3.63) is 0 Å². The lowest BCUT2D eigenvalue weighted by Gasteiger charge is -2.54. The lowest BCUT2D eigenvalue weighted by molar-refractivity contribution is -0.143. The summed E-state index contributed by atoms with van der Waals surface area (Å²) in [6, 6.07) is 0.336. The van der Waals surface area contributed by atoms with Gasteiger partial charge in [0, 0.05) is 18.1 Å². The monoisotopic (exact) mass is 276 g/mol. The van der Waals surface area contributed by atoms with E-state index in [4.69, 9.17) is 4.74 Å². The molecule has 0 radical (unpaired) electrons. The minimum atomic E-state index is 0. The molecule has 1 amide bonds. The molecule has 0 aliphatic heterocycles. The van der Waals surface area contributed by atoms with Crippen molar-refractivity contribution in [1.29, 1.82) is 0 Å². The molecule has 106 valence electrons. The fourth-order valence-electron chi connectivity index (χ4n) is 3.49. The first-order valence-corrected chi connectivity index (χ1v) is 6.78. The summed E-state index contributed by atoms with van der Waals surface area (Å²) in [7, 11) is 1.80. The number of ether oxygens (including phenoxy) is 1. The molecule has 4 nitrogen and oxygen atoms in total. The third kappa shape index (κ3) is 2.81. The number of likely N-dealkylation sites (N-methyl/N-ethyl adjacent to an activating group) is 1. The van der Waals surface area contributed by atoms with E-state index in [0.717, 1.165) is 13.0 Å². The summed E-state index contributed by atoms with van der Waals surface area (Å²) in [5.41, 5.74) is 0.249. The fourth-order valence-corrected chi connectivity index (χ4v) is 3.49. The number of amides is 1. The number of halogens is 1. The second-order valence-corrected chi connectivity index (χ2v) is 5.27. The summed E-state index contributed by atoms with van der Waals surface area (Å²) in [6.45, 7) is 3.24. The summed E-state index contributed by atoms with van der Waals surface area (Å²) in [5, 5.41) is 6.05. The van der Waals surface area contributed by atoms with E-state index in [1.165, 1.54) is 25.7 Å². The van der Waals surface area contributed by atoms with Gasteiger partial charge in [-0.05, 0) is 33.2 Å². The number of carbonyl (C=O) groups is 1. The number of hydrogen-bond donors (Lipinski definition) is 2. The molecule has 2 fully saturated rings. The Hall–Kier alpha value is -0.320. The summed E-state index contributed by atoms with van der Waals surface area (Å²) >= 11 is 0. The van der Waals surface area contributed by atoms with E-state index in [1.807, 2.05) is 0 Å². The van der Waals surface area contributed by atoms with E-state index in [2.05, 4.69) is 17.6 Å². The smallest absolute Gasteiger partial charge is 0.234 e. The van der Waals surface area contributed by atoms with Crippen molar-refractivity contribution in [2.75, 3.05) is 20.2 Å². The molecule has 2 unspecified atom stereocenters. The van der Waals surface area contributed by atoms with Crippen LogP contribution in [0, 0.1) is 5.41 Å². The zero-order chi connectivity index (χ0) is 12.3. The molecule has 2 aliphatic carbocycles. The summed E-state index contributed by atoms with van der Waals surface area (Å²) in [4.78, 5) is 11.6. The van der Waals surface area contributed by atoms with Crippen LogP contribution in [0.3, 0.4) is 0 Å². The first-order valence-electron chi connectivity index (χ1n) is 6.78. The van der Waals surface area contributed by atoms with Gasteiger partial charge in [-0.2, -0.15) is 0 Å². The van der Waals surface area contributed by atoms with Crippen molar-refractivity contribution >= 4 is 18.3 Å². The van der Waals surface area contributed by atoms with Crippen LogP contribution in [-0.2, 0) is 9.53 Å². The number of hydrogen-bond acceptors (Lipinski definition) is 3. The normalized spacial score (nSPS) is 28.6. The number of rotatable bonds is 5. The van der Waals surface area contributed by atoms with Gasteiger partial charge in [0.25, 0.3) is 0 Å². The van der Waals surface area contributed by atoms with Gasteiger partial charge >= 0.3 is 0 Å². The van der Waals surface area contributed by atoms with Crippen LogP contribution >= 0.6 is 12.4 Å². The maximum atomic E-state index is 11.6. The van der Waals surface area contributed by atoms with Gasteiger partial charge in [-0.1, -0.05) is 12.8 Å². The zero-order valence-corrected chi connectivity index (χ0v) is 12.1. The summed E-state index contributed by atoms with van der Waals surface area (Å²) in [5.74, 6) is 0.110. The predicted molar refractivity (Wildman–Crippen MR) is 74.0 cm³/mol. The van der Waals surface area contributed by atoms with E-state index in [0.29, 0.717) is 18.7 Å². The van der Waals surface area contributed by atoms with Crippen molar-refractivity contribution < 1.29 is 9.53 Å². The van der Waals surface area contributed by atoms with Crippen LogP contribution in [-0.4, -0.2) is 38.3 Å². The van der Waals surface area contributed by atoms with Crippen LogP contribution in [0.25, 0.3) is 0 Å². The van der Waals surface area contributed by atoms with Gasteiger partial charge in [-0.15, -0.1) is 12.4 Å². The summed E-state index contributed by atoms with van der Waals surface area (Å²) < 4.78 is 5.82. The molecule has 2 rings (SSSR count). The largest absolute Gasteiger partial charge is 0.378 e. The molecule has 0 heterocycles. The van der Waals surface area contributed by atoms with Crippen LogP contribution in [0.1, 0.15) is 39.0 Å². The zero-order valence-electron chi connectivity index (χ0n) is 11.3. The SMILES string of the molecule is CCOC1CC(NC(=O)CNC)C12CCCC2.Cl. The highest BCUT2D eigenvalue weighted by molar-refractivity contribution is 5.85. The minimum Gasteiger partial charge on any atom is -0.378 e. The first kappa shape index (κ1) is 15.7. The molecular formula is C13H25ClN2O2. The van der Waals surface area contributed by atoms with Crippen LogP contribution in [0.15, 0.2) is 0 Å². The Bertz CT molecular complexity index is 280. The van der Waals surface area contributed by atoms with Crippen molar-refractivity contribution in [2.24, 2.45) is 5.41 Å². The fraction of sp³-hybridized carbons (Fsp3) is 0.923. The molecule has 0 aromatic rings. The van der Waals surface area contributed by atoms with Gasteiger partial charge < -0.3 is 15.4 Å². The van der Waals surface area contributed by atoms with Crippen LogP contribution in [0.2, 0.25) is 0 Å². The van der Waals surface area contributed by atoms with E-state index >= 15 is 0 Å². The Kier molecular flexibility index (Phi) is 5.89. The topological polar surface area (TPSA) is 50.4 Å². The maximum Gasteiger partial charge on any atom is 0.234 e. The second kappa shape index (κ2) is 6.73. The Labute approximate surface area is 116 Å². The van der Waals surface area contributed by atoms with Gasteiger partial charge in [-0.3, -0.25) is 4.79 Å². The Morgan fingerprint density at radius 3 is 2.61 bits per heavy atom. The Morgan fingerprint density at radius 1 is 1.39 bits per heavy atom. The Morgan fingerprint density at radius 2 is 2.06 bits per heavy atom. The van der Waals surface area contributed by atoms with E-state index in [1.54, 1.807) is 7.05 Å². The second-order valence-electron chi connectivity index (χ2n) is 5.27. The lowest BCUT2D eigenvalue weighted by atomic mass is 9.60. The van der Waals surface area contributed by atoms with Gasteiger partial charge in [-0.25, -0.2) is 0 Å². The van der Waals surface area contributed by atoms with Gasteiger partial charge in [0.1, 0.15) is 0 Å². The molecule has 2 saturated carbocycles. The molecule has 0 saturated heterocycles. The average molecular weight is 277 g/mol. The minimum absolute atomic E-state index is 0. The molecule has 0 aromatic carbocycles. The molecule has 2 aliphatic rings. The van der Waals surface area contributed by atoms with Crippen LogP contribution in [0.4, 0.5) is 0 Å². The van der Waals surface area contributed by atoms with Gasteiger partial charge in [0.15, 0.2) is 0 Å².